The normalized spacial score (nSPS) is 14.7. The molecule has 4 heterocycles. The Morgan fingerprint density at radius 2 is 1.85 bits per heavy atom. The second-order valence-electron chi connectivity index (χ2n) is 9.86. The van der Waals surface area contributed by atoms with Crippen LogP contribution in [0.3, 0.4) is 0 Å². The molecule has 1 unspecified atom stereocenters. The average molecular weight is 551 g/mol. The Morgan fingerprint density at radius 3 is 2.59 bits per heavy atom. The van der Waals surface area contributed by atoms with Gasteiger partial charge in [-0.3, -0.25) is 4.79 Å². The van der Waals surface area contributed by atoms with Crippen LogP contribution in [-0.2, 0) is 22.6 Å². The molecule has 0 radical (unpaired) electrons. The van der Waals surface area contributed by atoms with Crippen LogP contribution in [-0.4, -0.2) is 51.0 Å². The van der Waals surface area contributed by atoms with Crippen molar-refractivity contribution in [2.75, 3.05) is 24.4 Å². The number of nitrogens with one attached hydrogen (secondary N) is 2. The van der Waals surface area contributed by atoms with E-state index in [0.717, 1.165) is 29.8 Å². The van der Waals surface area contributed by atoms with Crippen LogP contribution in [0.2, 0.25) is 0 Å². The number of ether oxygens (including phenoxy) is 2. The van der Waals surface area contributed by atoms with E-state index in [-0.39, 0.29) is 17.7 Å². The molecule has 3 aromatic heterocycles. The number of pyridine rings is 1. The highest BCUT2D eigenvalue weighted by atomic mass is 16.5. The largest absolute Gasteiger partial charge is 0.464 e. The molecule has 1 amide bonds. The second kappa shape index (κ2) is 11.6. The number of amides is 1. The summed E-state index contributed by atoms with van der Waals surface area (Å²) in [6.07, 6.45) is 7.27. The van der Waals surface area contributed by atoms with Crippen molar-refractivity contribution in [3.8, 4) is 5.69 Å². The number of para-hydroxylation sites is 1. The van der Waals surface area contributed by atoms with Gasteiger partial charge in [0.05, 0.1) is 49.2 Å². The van der Waals surface area contributed by atoms with Gasteiger partial charge in [0.1, 0.15) is 5.65 Å². The zero-order chi connectivity index (χ0) is 28.2. The van der Waals surface area contributed by atoms with Crippen LogP contribution in [0, 0.1) is 0 Å². The summed E-state index contributed by atoms with van der Waals surface area (Å²) in [5, 5.41) is 11.5. The standard InChI is InChI=1S/C31H30N6O4/c1-40-31(39)28-27(35-30(38)22-9-4-2-5-10-22)26-15-23(18-33-29(26)36(28)20-25-13-8-14-41-25)32-16-21-17-34-37(19-21)24-11-6-3-7-12-24/h2-7,9-12,15,17-19,25,32H,8,13-14,16,20H2,1H3,(H,35,38). The van der Waals surface area contributed by atoms with E-state index in [1.165, 1.54) is 7.11 Å². The van der Waals surface area contributed by atoms with E-state index in [1.807, 2.05) is 59.5 Å². The summed E-state index contributed by atoms with van der Waals surface area (Å²) < 4.78 is 14.7. The van der Waals surface area contributed by atoms with Gasteiger partial charge in [-0.05, 0) is 43.2 Å². The van der Waals surface area contributed by atoms with Gasteiger partial charge in [0, 0.05) is 35.9 Å². The highest BCUT2D eigenvalue weighted by Gasteiger charge is 2.29. The van der Waals surface area contributed by atoms with Crippen LogP contribution in [0.5, 0.6) is 0 Å². The summed E-state index contributed by atoms with van der Waals surface area (Å²) in [6, 6.07) is 20.7. The Balaban J connectivity index is 1.35. The van der Waals surface area contributed by atoms with Crippen LogP contribution in [0.15, 0.2) is 85.3 Å². The fourth-order valence-corrected chi connectivity index (χ4v) is 5.08. The molecule has 1 aliphatic rings. The van der Waals surface area contributed by atoms with Crippen molar-refractivity contribution in [2.24, 2.45) is 0 Å². The van der Waals surface area contributed by atoms with Crippen molar-refractivity contribution < 1.29 is 19.1 Å². The van der Waals surface area contributed by atoms with Crippen molar-refractivity contribution in [2.45, 2.75) is 32.0 Å². The summed E-state index contributed by atoms with van der Waals surface area (Å²) in [4.78, 5) is 31.1. The van der Waals surface area contributed by atoms with Crippen molar-refractivity contribution in [1.29, 1.82) is 0 Å². The number of fused-ring (bicyclic) bond motifs is 1. The molecule has 2 aromatic carbocycles. The van der Waals surface area contributed by atoms with Gasteiger partial charge < -0.3 is 24.7 Å². The van der Waals surface area contributed by atoms with Crippen molar-refractivity contribution in [3.63, 3.8) is 0 Å². The van der Waals surface area contributed by atoms with Gasteiger partial charge in [-0.2, -0.15) is 5.10 Å². The minimum absolute atomic E-state index is 0.0626. The zero-order valence-electron chi connectivity index (χ0n) is 22.6. The molecule has 1 fully saturated rings. The van der Waals surface area contributed by atoms with Crippen LogP contribution in [0.1, 0.15) is 39.3 Å². The number of anilines is 2. The third-order valence-corrected chi connectivity index (χ3v) is 7.12. The molecule has 0 aliphatic carbocycles. The van der Waals surface area contributed by atoms with Crippen molar-refractivity contribution in [3.05, 3.63) is 102 Å². The molecule has 10 heteroatoms. The lowest BCUT2D eigenvalue weighted by molar-refractivity contribution is 0.0580. The molecule has 41 heavy (non-hydrogen) atoms. The maximum absolute atomic E-state index is 13.2. The van der Waals surface area contributed by atoms with E-state index in [9.17, 15) is 9.59 Å². The van der Waals surface area contributed by atoms with Crippen LogP contribution in [0.25, 0.3) is 16.7 Å². The maximum atomic E-state index is 13.2. The number of nitrogens with zero attached hydrogens (tertiary/aromatic N) is 4. The quantitative estimate of drug-likeness (QED) is 0.247. The number of aromatic nitrogens is 4. The lowest BCUT2D eigenvalue weighted by Crippen LogP contribution is -2.21. The van der Waals surface area contributed by atoms with E-state index in [2.05, 4.69) is 15.7 Å². The molecule has 0 saturated carbocycles. The molecular formula is C31H30N6O4. The van der Waals surface area contributed by atoms with Gasteiger partial charge in [-0.25, -0.2) is 14.5 Å². The van der Waals surface area contributed by atoms with E-state index < -0.39 is 5.97 Å². The van der Waals surface area contributed by atoms with Gasteiger partial charge in [0.25, 0.3) is 5.91 Å². The maximum Gasteiger partial charge on any atom is 0.356 e. The number of hydrogen-bond acceptors (Lipinski definition) is 7. The Bertz CT molecular complexity index is 1670. The Morgan fingerprint density at radius 1 is 1.07 bits per heavy atom. The Labute approximate surface area is 236 Å². The molecule has 0 spiro atoms. The summed E-state index contributed by atoms with van der Waals surface area (Å²) >= 11 is 0. The molecule has 10 nitrogen and oxygen atoms in total. The first-order valence-electron chi connectivity index (χ1n) is 13.5. The zero-order valence-corrected chi connectivity index (χ0v) is 22.6. The fourth-order valence-electron chi connectivity index (χ4n) is 5.08. The number of esters is 1. The first-order valence-corrected chi connectivity index (χ1v) is 13.5. The van der Waals surface area contributed by atoms with E-state index in [4.69, 9.17) is 14.5 Å². The molecule has 5 aromatic rings. The lowest BCUT2D eigenvalue weighted by atomic mass is 10.2. The van der Waals surface area contributed by atoms with Crippen molar-refractivity contribution in [1.82, 2.24) is 19.3 Å². The smallest absolute Gasteiger partial charge is 0.356 e. The topological polar surface area (TPSA) is 112 Å². The van der Waals surface area contributed by atoms with E-state index >= 15 is 0 Å². The summed E-state index contributed by atoms with van der Waals surface area (Å²) in [5.41, 5.74) is 4.31. The number of benzene rings is 2. The third kappa shape index (κ3) is 5.55. The molecule has 208 valence electrons. The van der Waals surface area contributed by atoms with E-state index in [1.54, 1.807) is 35.0 Å². The summed E-state index contributed by atoms with van der Waals surface area (Å²) in [7, 11) is 1.33. The van der Waals surface area contributed by atoms with Gasteiger partial charge in [-0.1, -0.05) is 36.4 Å². The Hall–Kier alpha value is -4.96. The number of carbonyl (C=O) groups is 2. The lowest BCUT2D eigenvalue weighted by Gasteiger charge is -2.14. The van der Waals surface area contributed by atoms with Gasteiger partial charge in [-0.15, -0.1) is 0 Å². The third-order valence-electron chi connectivity index (χ3n) is 7.12. The van der Waals surface area contributed by atoms with Gasteiger partial charge in [0.15, 0.2) is 5.69 Å². The molecular weight excluding hydrogens is 520 g/mol. The highest BCUT2D eigenvalue weighted by molar-refractivity contribution is 6.14. The molecule has 1 atom stereocenters. The number of hydrogen-bond donors (Lipinski definition) is 2. The number of carbonyl (C=O) groups excluding carboxylic acids is 2. The summed E-state index contributed by atoms with van der Waals surface area (Å²) in [6.45, 7) is 1.60. The minimum Gasteiger partial charge on any atom is -0.464 e. The highest BCUT2D eigenvalue weighted by Crippen LogP contribution is 2.34. The first kappa shape index (κ1) is 26.3. The predicted molar refractivity (Wildman–Crippen MR) is 155 cm³/mol. The molecule has 1 saturated heterocycles. The summed E-state index contributed by atoms with van der Waals surface area (Å²) in [5.74, 6) is -0.897. The van der Waals surface area contributed by atoms with Crippen LogP contribution < -0.4 is 10.6 Å². The fraction of sp³-hybridized carbons (Fsp3) is 0.226. The van der Waals surface area contributed by atoms with Gasteiger partial charge in [0.2, 0.25) is 0 Å². The van der Waals surface area contributed by atoms with Crippen LogP contribution in [0.4, 0.5) is 11.4 Å². The molecule has 1 aliphatic heterocycles. The Kier molecular flexibility index (Phi) is 7.46. The molecule has 2 N–H and O–H groups in total. The average Bonchev–Trinajstić information content (AvgIpc) is 3.77. The number of methoxy groups -OCH3 is 1. The second-order valence-corrected chi connectivity index (χ2v) is 9.86. The molecule has 0 bridgehead atoms. The monoisotopic (exact) mass is 550 g/mol. The van der Waals surface area contributed by atoms with Gasteiger partial charge >= 0.3 is 5.97 Å². The van der Waals surface area contributed by atoms with Crippen molar-refractivity contribution >= 4 is 34.3 Å². The first-order chi connectivity index (χ1) is 20.1. The molecule has 6 rings (SSSR count). The van der Waals surface area contributed by atoms with E-state index in [0.29, 0.717) is 42.0 Å². The van der Waals surface area contributed by atoms with Crippen LogP contribution >= 0.6 is 0 Å². The predicted octanol–water partition coefficient (Wildman–Crippen LogP) is 5.05. The SMILES string of the molecule is COC(=O)c1c(NC(=O)c2ccccc2)c2cc(NCc3cnn(-c4ccccc4)c3)cnc2n1CC1CCCO1. The number of rotatable bonds is 9. The minimum atomic E-state index is -0.563.